The van der Waals surface area contributed by atoms with Crippen LogP contribution >= 0.6 is 0 Å². The van der Waals surface area contributed by atoms with Gasteiger partial charge in [-0.05, 0) is 30.6 Å². The average Bonchev–Trinajstić information content (AvgIpc) is 1.94. The van der Waals surface area contributed by atoms with Crippen molar-refractivity contribution in [2.24, 2.45) is 17.3 Å². The number of carbonyl (C=O) groups is 1. The van der Waals surface area contributed by atoms with E-state index in [0.717, 1.165) is 19.3 Å². The topological polar surface area (TPSA) is 37.3 Å². The van der Waals surface area contributed by atoms with Crippen LogP contribution in [-0.2, 0) is 4.79 Å². The molecule has 0 aliphatic carbocycles. The maximum atomic E-state index is 11.0. The Morgan fingerprint density at radius 1 is 1.29 bits per heavy atom. The highest BCUT2D eigenvalue weighted by Crippen LogP contribution is 2.26. The number of aliphatic carboxylic acids is 1. The Kier molecular flexibility index (Phi) is 5.17. The van der Waals surface area contributed by atoms with Crippen molar-refractivity contribution in [2.45, 2.75) is 53.9 Å². The molecule has 2 nitrogen and oxygen atoms in total. The summed E-state index contributed by atoms with van der Waals surface area (Å²) < 4.78 is 0. The highest BCUT2D eigenvalue weighted by molar-refractivity contribution is 5.69. The first-order valence-corrected chi connectivity index (χ1v) is 5.45. The molecule has 0 saturated carbocycles. The van der Waals surface area contributed by atoms with E-state index in [9.17, 15) is 4.79 Å². The molecule has 1 atom stereocenters. The molecule has 0 aromatic rings. The summed E-state index contributed by atoms with van der Waals surface area (Å²) in [5, 5.41) is 9.02. The third kappa shape index (κ3) is 6.93. The highest BCUT2D eigenvalue weighted by Gasteiger charge is 2.21. The van der Waals surface area contributed by atoms with Crippen LogP contribution in [0.5, 0.6) is 0 Å². The molecule has 2 heteroatoms. The molecule has 84 valence electrons. The fraction of sp³-hybridized carbons (Fsp3) is 0.917. The van der Waals surface area contributed by atoms with Gasteiger partial charge < -0.3 is 5.11 Å². The van der Waals surface area contributed by atoms with Gasteiger partial charge in [-0.25, -0.2) is 0 Å². The molecule has 0 amide bonds. The summed E-state index contributed by atoms with van der Waals surface area (Å²) in [5.74, 6) is -0.326. The van der Waals surface area contributed by atoms with E-state index in [1.54, 1.807) is 0 Å². The molecular formula is C12H24O2. The maximum absolute atomic E-state index is 11.0. The lowest BCUT2D eigenvalue weighted by atomic mass is 9.84. The Morgan fingerprint density at radius 3 is 2.07 bits per heavy atom. The molecule has 0 saturated heterocycles. The minimum Gasteiger partial charge on any atom is -0.481 e. The van der Waals surface area contributed by atoms with E-state index >= 15 is 0 Å². The zero-order valence-corrected chi connectivity index (χ0v) is 10.1. The van der Waals surface area contributed by atoms with Crippen molar-refractivity contribution < 1.29 is 9.90 Å². The quantitative estimate of drug-likeness (QED) is 0.736. The van der Waals surface area contributed by atoms with Crippen LogP contribution in [0.3, 0.4) is 0 Å². The van der Waals surface area contributed by atoms with Crippen molar-refractivity contribution in [2.75, 3.05) is 0 Å². The van der Waals surface area contributed by atoms with Gasteiger partial charge in [-0.3, -0.25) is 4.79 Å². The third-order valence-electron chi connectivity index (χ3n) is 2.35. The van der Waals surface area contributed by atoms with E-state index in [-0.39, 0.29) is 11.3 Å². The van der Waals surface area contributed by atoms with E-state index in [4.69, 9.17) is 5.11 Å². The fourth-order valence-corrected chi connectivity index (χ4v) is 1.52. The third-order valence-corrected chi connectivity index (χ3v) is 2.35. The van der Waals surface area contributed by atoms with Gasteiger partial charge in [0.1, 0.15) is 0 Å². The summed E-state index contributed by atoms with van der Waals surface area (Å²) in [7, 11) is 0. The Labute approximate surface area is 87.7 Å². The summed E-state index contributed by atoms with van der Waals surface area (Å²) in [6.07, 6.45) is 2.58. The first kappa shape index (κ1) is 13.5. The maximum Gasteiger partial charge on any atom is 0.306 e. The fourth-order valence-electron chi connectivity index (χ4n) is 1.52. The summed E-state index contributed by atoms with van der Waals surface area (Å²) in [5.41, 5.74) is 0.241. The van der Waals surface area contributed by atoms with Crippen LogP contribution in [0.1, 0.15) is 53.9 Å². The predicted molar refractivity (Wildman–Crippen MR) is 59.3 cm³/mol. The molecule has 0 spiro atoms. The van der Waals surface area contributed by atoms with E-state index in [2.05, 4.69) is 34.6 Å². The van der Waals surface area contributed by atoms with E-state index in [1.807, 2.05) is 0 Å². The van der Waals surface area contributed by atoms with Crippen LogP contribution in [0.15, 0.2) is 0 Å². The van der Waals surface area contributed by atoms with E-state index < -0.39 is 5.97 Å². The summed E-state index contributed by atoms with van der Waals surface area (Å²) in [4.78, 5) is 11.0. The minimum atomic E-state index is -0.636. The van der Waals surface area contributed by atoms with Crippen LogP contribution in [0, 0.1) is 17.3 Å². The van der Waals surface area contributed by atoms with E-state index in [0.29, 0.717) is 5.92 Å². The molecule has 0 aliphatic heterocycles. The molecule has 0 fully saturated rings. The molecule has 1 N–H and O–H groups in total. The Morgan fingerprint density at radius 2 is 1.79 bits per heavy atom. The van der Waals surface area contributed by atoms with Crippen LogP contribution in [0.2, 0.25) is 0 Å². The molecule has 0 aromatic carbocycles. The first-order chi connectivity index (χ1) is 6.22. The number of hydrogen-bond donors (Lipinski definition) is 1. The number of carboxylic acids is 1. The molecule has 1 unspecified atom stereocenters. The second-order valence-corrected chi connectivity index (χ2v) is 5.76. The van der Waals surface area contributed by atoms with Gasteiger partial charge in [0.25, 0.3) is 0 Å². The smallest absolute Gasteiger partial charge is 0.306 e. The van der Waals surface area contributed by atoms with Gasteiger partial charge in [-0.15, -0.1) is 0 Å². The van der Waals surface area contributed by atoms with Gasteiger partial charge >= 0.3 is 5.97 Å². The molecule has 0 heterocycles. The largest absolute Gasteiger partial charge is 0.481 e. The second-order valence-electron chi connectivity index (χ2n) is 5.76. The molecule has 0 aromatic heterocycles. The SMILES string of the molecule is CC(C)CC(CCC(C)(C)C)C(=O)O. The predicted octanol–water partition coefficient (Wildman–Crippen LogP) is 3.56. The van der Waals surface area contributed by atoms with Crippen molar-refractivity contribution >= 4 is 5.97 Å². The lowest BCUT2D eigenvalue weighted by molar-refractivity contribution is -0.142. The molecule has 0 aliphatic rings. The standard InChI is InChI=1S/C12H24O2/c1-9(2)8-10(11(13)14)6-7-12(3,4)5/h9-10H,6-8H2,1-5H3,(H,13,14). The zero-order valence-electron chi connectivity index (χ0n) is 10.1. The van der Waals surface area contributed by atoms with Crippen LogP contribution in [0.25, 0.3) is 0 Å². The Hall–Kier alpha value is -0.530. The van der Waals surface area contributed by atoms with Gasteiger partial charge in [0.2, 0.25) is 0 Å². The summed E-state index contributed by atoms with van der Waals surface area (Å²) in [6, 6.07) is 0. The lowest BCUT2D eigenvalue weighted by Crippen LogP contribution is -2.18. The number of rotatable bonds is 5. The van der Waals surface area contributed by atoms with Gasteiger partial charge in [-0.1, -0.05) is 34.6 Å². The lowest BCUT2D eigenvalue weighted by Gasteiger charge is -2.21. The summed E-state index contributed by atoms with van der Waals surface area (Å²) >= 11 is 0. The van der Waals surface area contributed by atoms with E-state index in [1.165, 1.54) is 0 Å². The van der Waals surface area contributed by atoms with Gasteiger partial charge in [0.05, 0.1) is 5.92 Å². The van der Waals surface area contributed by atoms with Crippen LogP contribution in [0.4, 0.5) is 0 Å². The second kappa shape index (κ2) is 5.38. The highest BCUT2D eigenvalue weighted by atomic mass is 16.4. The van der Waals surface area contributed by atoms with Crippen molar-refractivity contribution in [3.8, 4) is 0 Å². The molecular weight excluding hydrogens is 176 g/mol. The zero-order chi connectivity index (χ0) is 11.4. The van der Waals surface area contributed by atoms with Gasteiger partial charge in [0, 0.05) is 0 Å². The normalized spacial score (nSPS) is 14.4. The Balaban J connectivity index is 4.05. The van der Waals surface area contributed by atoms with Crippen molar-refractivity contribution in [1.82, 2.24) is 0 Å². The molecule has 0 bridgehead atoms. The number of hydrogen-bond acceptors (Lipinski definition) is 1. The van der Waals surface area contributed by atoms with Gasteiger partial charge in [0.15, 0.2) is 0 Å². The summed E-state index contributed by atoms with van der Waals surface area (Å²) in [6.45, 7) is 10.6. The Bertz CT molecular complexity index is 177. The minimum absolute atomic E-state index is 0.158. The van der Waals surface area contributed by atoms with Crippen molar-refractivity contribution in [3.05, 3.63) is 0 Å². The molecule has 0 rings (SSSR count). The first-order valence-electron chi connectivity index (χ1n) is 5.45. The van der Waals surface area contributed by atoms with Crippen LogP contribution < -0.4 is 0 Å². The van der Waals surface area contributed by atoms with Crippen molar-refractivity contribution in [1.29, 1.82) is 0 Å². The number of carboxylic acid groups (broad SMARTS) is 1. The van der Waals surface area contributed by atoms with Crippen molar-refractivity contribution in [3.63, 3.8) is 0 Å². The monoisotopic (exact) mass is 200 g/mol. The van der Waals surface area contributed by atoms with Crippen LogP contribution in [-0.4, -0.2) is 11.1 Å². The van der Waals surface area contributed by atoms with Gasteiger partial charge in [-0.2, -0.15) is 0 Å². The average molecular weight is 200 g/mol. The molecule has 0 radical (unpaired) electrons. The molecule has 14 heavy (non-hydrogen) atoms.